The van der Waals surface area contributed by atoms with Crippen LogP contribution in [0.4, 0.5) is 0 Å². The third-order valence-electron chi connectivity index (χ3n) is 1.67. The lowest BCUT2D eigenvalue weighted by Gasteiger charge is -2.07. The van der Waals surface area contributed by atoms with Crippen molar-refractivity contribution in [3.8, 4) is 11.5 Å². The highest BCUT2D eigenvalue weighted by atomic mass is 35.5. The van der Waals surface area contributed by atoms with Gasteiger partial charge in [-0.25, -0.2) is 4.79 Å². The summed E-state index contributed by atoms with van der Waals surface area (Å²) in [6.07, 6.45) is 0. The fourth-order valence-electron chi connectivity index (χ4n) is 0.965. The summed E-state index contributed by atoms with van der Waals surface area (Å²) in [7, 11) is 2.63. The Labute approximate surface area is 86.0 Å². The van der Waals surface area contributed by atoms with Crippen molar-refractivity contribution in [2.45, 2.75) is 0 Å². The number of ether oxygens (including phenoxy) is 2. The van der Waals surface area contributed by atoms with Crippen molar-refractivity contribution in [2.24, 2.45) is 0 Å². The van der Waals surface area contributed by atoms with Crippen molar-refractivity contribution in [2.75, 3.05) is 14.2 Å². The van der Waals surface area contributed by atoms with Gasteiger partial charge in [0.2, 0.25) is 0 Å². The van der Waals surface area contributed by atoms with Crippen molar-refractivity contribution in [3.05, 3.63) is 22.7 Å². The smallest absolute Gasteiger partial charge is 0.338 e. The van der Waals surface area contributed by atoms with Crippen molar-refractivity contribution in [1.82, 2.24) is 0 Å². The second-order valence-corrected chi connectivity index (χ2v) is 2.91. The highest BCUT2D eigenvalue weighted by Crippen LogP contribution is 2.34. The molecular weight excluding hydrogens is 208 g/mol. The van der Waals surface area contributed by atoms with Gasteiger partial charge in [-0.1, -0.05) is 11.6 Å². The molecule has 0 aromatic heterocycles. The van der Waals surface area contributed by atoms with Gasteiger partial charge in [-0.2, -0.15) is 0 Å². The molecule has 0 aliphatic rings. The van der Waals surface area contributed by atoms with Crippen LogP contribution in [0.15, 0.2) is 12.1 Å². The number of esters is 1. The van der Waals surface area contributed by atoms with E-state index in [0.717, 1.165) is 0 Å². The molecule has 0 fully saturated rings. The summed E-state index contributed by atoms with van der Waals surface area (Å²) in [6, 6.07) is 2.66. The largest absolute Gasteiger partial charge is 0.503 e. The van der Waals surface area contributed by atoms with Crippen LogP contribution in [0.1, 0.15) is 10.4 Å². The average molecular weight is 217 g/mol. The minimum atomic E-state index is -0.537. The first kappa shape index (κ1) is 10.7. The maximum Gasteiger partial charge on any atom is 0.338 e. The molecule has 0 amide bonds. The molecule has 0 heterocycles. The van der Waals surface area contributed by atoms with Crippen molar-refractivity contribution >= 4 is 17.6 Å². The summed E-state index contributed by atoms with van der Waals surface area (Å²) < 4.78 is 9.31. The van der Waals surface area contributed by atoms with Crippen LogP contribution in [0.5, 0.6) is 11.5 Å². The lowest BCUT2D eigenvalue weighted by Crippen LogP contribution is -2.01. The molecule has 1 N–H and O–H groups in total. The standard InChI is InChI=1S/C9H9ClO4/c1-13-7-4-5(9(12)14-2)3-6(10)8(7)11/h3-4,11H,1-2H3. The predicted octanol–water partition coefficient (Wildman–Crippen LogP) is 1.84. The highest BCUT2D eigenvalue weighted by molar-refractivity contribution is 6.32. The third-order valence-corrected chi connectivity index (χ3v) is 1.96. The number of phenolic OH excluding ortho intramolecular Hbond substituents is 1. The molecule has 4 nitrogen and oxygen atoms in total. The summed E-state index contributed by atoms with van der Waals surface area (Å²) >= 11 is 5.66. The van der Waals surface area contributed by atoms with Gasteiger partial charge in [0.25, 0.3) is 0 Å². The van der Waals surface area contributed by atoms with E-state index in [1.165, 1.54) is 26.4 Å². The molecule has 5 heteroatoms. The number of benzene rings is 1. The molecule has 0 saturated carbocycles. The average Bonchev–Trinajstić information content (AvgIpc) is 2.20. The van der Waals surface area contributed by atoms with Gasteiger partial charge in [-0.05, 0) is 12.1 Å². The number of rotatable bonds is 2. The lowest BCUT2D eigenvalue weighted by molar-refractivity contribution is 0.0600. The fraction of sp³-hybridized carbons (Fsp3) is 0.222. The molecule has 0 spiro atoms. The van der Waals surface area contributed by atoms with Crippen molar-refractivity contribution in [3.63, 3.8) is 0 Å². The zero-order valence-electron chi connectivity index (χ0n) is 7.70. The Morgan fingerprint density at radius 3 is 2.57 bits per heavy atom. The third kappa shape index (κ3) is 1.90. The van der Waals surface area contributed by atoms with E-state index < -0.39 is 5.97 Å². The maximum absolute atomic E-state index is 11.1. The van der Waals surface area contributed by atoms with Crippen LogP contribution in [0.25, 0.3) is 0 Å². The molecule has 0 aliphatic heterocycles. The van der Waals surface area contributed by atoms with E-state index in [1.807, 2.05) is 0 Å². The molecule has 1 aromatic rings. The van der Waals surface area contributed by atoms with Crippen LogP contribution in [0, 0.1) is 0 Å². The van der Waals surface area contributed by atoms with Crippen LogP contribution in [0.3, 0.4) is 0 Å². The van der Waals surface area contributed by atoms with Crippen LogP contribution < -0.4 is 4.74 Å². The van der Waals surface area contributed by atoms with Crippen molar-refractivity contribution in [1.29, 1.82) is 0 Å². The Morgan fingerprint density at radius 2 is 2.07 bits per heavy atom. The van der Waals surface area contributed by atoms with Crippen LogP contribution in [0.2, 0.25) is 5.02 Å². The highest BCUT2D eigenvalue weighted by Gasteiger charge is 2.13. The zero-order valence-corrected chi connectivity index (χ0v) is 8.46. The van der Waals surface area contributed by atoms with E-state index in [9.17, 15) is 9.90 Å². The van der Waals surface area contributed by atoms with E-state index >= 15 is 0 Å². The first-order valence-corrected chi connectivity index (χ1v) is 4.12. The predicted molar refractivity (Wildman–Crippen MR) is 51.0 cm³/mol. The molecular formula is C9H9ClO4. The molecule has 1 aromatic carbocycles. The van der Waals surface area contributed by atoms with Crippen LogP contribution in [-0.2, 0) is 4.74 Å². The second kappa shape index (κ2) is 4.19. The molecule has 0 atom stereocenters. The Balaban J connectivity index is 3.22. The van der Waals surface area contributed by atoms with E-state index in [4.69, 9.17) is 16.3 Å². The van der Waals surface area contributed by atoms with Gasteiger partial charge in [0.1, 0.15) is 0 Å². The van der Waals surface area contributed by atoms with Gasteiger partial charge >= 0.3 is 5.97 Å². The summed E-state index contributed by atoms with van der Waals surface area (Å²) in [5.74, 6) is -0.593. The minimum absolute atomic E-state index is 0.0461. The molecule has 0 bridgehead atoms. The topological polar surface area (TPSA) is 55.8 Å². The molecule has 0 radical (unpaired) electrons. The Kier molecular flexibility index (Phi) is 3.19. The fourth-order valence-corrected chi connectivity index (χ4v) is 1.18. The van der Waals surface area contributed by atoms with E-state index in [1.54, 1.807) is 0 Å². The SMILES string of the molecule is COC(=O)c1cc(Cl)c(O)c(OC)c1. The molecule has 14 heavy (non-hydrogen) atoms. The summed E-state index contributed by atoms with van der Waals surface area (Å²) in [5.41, 5.74) is 0.229. The van der Waals surface area contributed by atoms with Crippen molar-refractivity contribution < 1.29 is 19.4 Å². The van der Waals surface area contributed by atoms with Gasteiger partial charge in [-0.15, -0.1) is 0 Å². The van der Waals surface area contributed by atoms with Crippen LogP contribution in [-0.4, -0.2) is 25.3 Å². The van der Waals surface area contributed by atoms with E-state index in [2.05, 4.69) is 4.74 Å². The molecule has 0 saturated heterocycles. The number of halogens is 1. The van der Waals surface area contributed by atoms with E-state index in [0.29, 0.717) is 0 Å². The second-order valence-electron chi connectivity index (χ2n) is 2.50. The summed E-state index contributed by atoms with van der Waals surface area (Å²) in [5, 5.41) is 9.41. The first-order chi connectivity index (χ1) is 6.60. The first-order valence-electron chi connectivity index (χ1n) is 3.75. The Morgan fingerprint density at radius 1 is 1.43 bits per heavy atom. The number of phenols is 1. The number of carbonyl (C=O) groups is 1. The Hall–Kier alpha value is -1.42. The van der Waals surface area contributed by atoms with E-state index in [-0.39, 0.29) is 22.1 Å². The number of carbonyl (C=O) groups excluding carboxylic acids is 1. The van der Waals surface area contributed by atoms with Gasteiger partial charge in [0.05, 0.1) is 24.8 Å². The number of methoxy groups -OCH3 is 2. The van der Waals surface area contributed by atoms with Gasteiger partial charge < -0.3 is 14.6 Å². The molecule has 0 unspecified atom stereocenters. The zero-order chi connectivity index (χ0) is 10.7. The monoisotopic (exact) mass is 216 g/mol. The maximum atomic E-state index is 11.1. The number of hydrogen-bond acceptors (Lipinski definition) is 4. The molecule has 0 aliphatic carbocycles. The van der Waals surface area contributed by atoms with Gasteiger partial charge in [0, 0.05) is 0 Å². The molecule has 1 rings (SSSR count). The number of aromatic hydroxyl groups is 1. The van der Waals surface area contributed by atoms with Gasteiger partial charge in [-0.3, -0.25) is 0 Å². The van der Waals surface area contributed by atoms with Gasteiger partial charge in [0.15, 0.2) is 11.5 Å². The lowest BCUT2D eigenvalue weighted by atomic mass is 10.2. The normalized spacial score (nSPS) is 9.64. The Bertz CT molecular complexity index is 362. The summed E-state index contributed by atoms with van der Waals surface area (Å²) in [6.45, 7) is 0. The minimum Gasteiger partial charge on any atom is -0.503 e. The molecule has 76 valence electrons. The quantitative estimate of drug-likeness (QED) is 0.767. The number of hydrogen-bond donors (Lipinski definition) is 1. The van der Waals surface area contributed by atoms with Crippen LogP contribution >= 0.6 is 11.6 Å². The summed E-state index contributed by atoms with van der Waals surface area (Å²) in [4.78, 5) is 11.1.